The van der Waals surface area contributed by atoms with Gasteiger partial charge in [0.1, 0.15) is 5.84 Å². The average Bonchev–Trinajstić information content (AvgIpc) is 2.41. The van der Waals surface area contributed by atoms with E-state index in [1.807, 2.05) is 19.2 Å². The van der Waals surface area contributed by atoms with Crippen molar-refractivity contribution in [1.82, 2.24) is 0 Å². The molecule has 0 aliphatic heterocycles. The summed E-state index contributed by atoms with van der Waals surface area (Å²) in [5, 5.41) is 8.02. The quantitative estimate of drug-likeness (QED) is 0.667. The van der Waals surface area contributed by atoms with Crippen LogP contribution < -0.4 is 10.6 Å². The summed E-state index contributed by atoms with van der Waals surface area (Å²) in [4.78, 5) is 2.08. The fourth-order valence-corrected chi connectivity index (χ4v) is 2.36. The van der Waals surface area contributed by atoms with Crippen LogP contribution in [0.4, 0.5) is 5.69 Å². The summed E-state index contributed by atoms with van der Waals surface area (Å²) in [5.41, 5.74) is 9.50. The minimum absolute atomic E-state index is 0.0274. The van der Waals surface area contributed by atoms with Gasteiger partial charge >= 0.3 is 0 Å². The number of nitrogens with two attached hydrogens (primary N) is 1. The van der Waals surface area contributed by atoms with Gasteiger partial charge in [-0.05, 0) is 30.7 Å². The molecule has 0 unspecified atom stereocenters. The molecule has 0 aliphatic rings. The summed E-state index contributed by atoms with van der Waals surface area (Å²) < 4.78 is 0. The summed E-state index contributed by atoms with van der Waals surface area (Å²) in [6.07, 6.45) is 0. The van der Waals surface area contributed by atoms with Crippen molar-refractivity contribution in [3.05, 3.63) is 64.2 Å². The largest absolute Gasteiger partial charge is 0.384 e. The smallest absolute Gasteiger partial charge is 0.122 e. The molecular weight excluding hydrogens is 270 g/mol. The molecule has 0 spiro atoms. The fraction of sp³-hybridized carbons (Fsp3) is 0.188. The van der Waals surface area contributed by atoms with E-state index < -0.39 is 0 Å². The third-order valence-corrected chi connectivity index (χ3v) is 3.51. The molecule has 0 aromatic heterocycles. The van der Waals surface area contributed by atoms with E-state index in [9.17, 15) is 0 Å². The first kappa shape index (κ1) is 14.4. The Labute approximate surface area is 124 Å². The van der Waals surface area contributed by atoms with Gasteiger partial charge in [0.15, 0.2) is 0 Å². The molecule has 0 heterocycles. The molecule has 0 atom stereocenters. The minimum Gasteiger partial charge on any atom is -0.384 e. The molecule has 0 saturated heterocycles. The monoisotopic (exact) mass is 287 g/mol. The van der Waals surface area contributed by atoms with Crippen LogP contribution in [0.15, 0.2) is 42.5 Å². The number of anilines is 1. The maximum absolute atomic E-state index is 7.41. The molecule has 3 N–H and O–H groups in total. The number of rotatable bonds is 4. The Bertz CT molecular complexity index is 620. The van der Waals surface area contributed by atoms with E-state index in [2.05, 4.69) is 36.1 Å². The van der Waals surface area contributed by atoms with Gasteiger partial charge in [-0.1, -0.05) is 41.4 Å². The van der Waals surface area contributed by atoms with Crippen LogP contribution in [0.1, 0.15) is 16.7 Å². The van der Waals surface area contributed by atoms with E-state index in [4.69, 9.17) is 22.7 Å². The number of nitrogen functional groups attached to an aromatic ring is 1. The van der Waals surface area contributed by atoms with Crippen molar-refractivity contribution < 1.29 is 0 Å². The van der Waals surface area contributed by atoms with Crippen molar-refractivity contribution in [3.8, 4) is 0 Å². The lowest BCUT2D eigenvalue weighted by Crippen LogP contribution is -2.17. The number of hydrogen-bond donors (Lipinski definition) is 2. The fourth-order valence-electron chi connectivity index (χ4n) is 2.04. The number of nitrogens with one attached hydrogen (secondary N) is 1. The average molecular weight is 288 g/mol. The summed E-state index contributed by atoms with van der Waals surface area (Å²) in [7, 11) is 1.99. The zero-order chi connectivity index (χ0) is 14.7. The minimum atomic E-state index is 0.0274. The van der Waals surface area contributed by atoms with Crippen molar-refractivity contribution in [1.29, 1.82) is 5.41 Å². The van der Waals surface area contributed by atoms with Gasteiger partial charge in [-0.2, -0.15) is 0 Å². The molecule has 0 amide bonds. The number of aryl methyl sites for hydroxylation is 1. The first-order chi connectivity index (χ1) is 9.47. The highest BCUT2D eigenvalue weighted by molar-refractivity contribution is 6.33. The van der Waals surface area contributed by atoms with E-state index in [0.29, 0.717) is 10.6 Å². The highest BCUT2D eigenvalue weighted by Crippen LogP contribution is 2.27. The SMILES string of the molecule is Cc1ccc(CN(C)c2ccc(C(=N)N)cc2Cl)cc1. The standard InChI is InChI=1S/C16H18ClN3/c1-11-3-5-12(6-4-11)10-20(2)15-8-7-13(16(18)19)9-14(15)17/h3-9H,10H2,1-2H3,(H3,18,19). The van der Waals surface area contributed by atoms with Crippen LogP contribution in [0.3, 0.4) is 0 Å². The van der Waals surface area contributed by atoms with Crippen molar-refractivity contribution in [2.75, 3.05) is 11.9 Å². The van der Waals surface area contributed by atoms with E-state index in [0.717, 1.165) is 12.2 Å². The molecule has 4 heteroatoms. The third kappa shape index (κ3) is 3.31. The zero-order valence-corrected chi connectivity index (χ0v) is 12.4. The third-order valence-electron chi connectivity index (χ3n) is 3.21. The lowest BCUT2D eigenvalue weighted by atomic mass is 10.1. The van der Waals surface area contributed by atoms with Crippen LogP contribution in [0, 0.1) is 12.3 Å². The summed E-state index contributed by atoms with van der Waals surface area (Å²) in [6, 6.07) is 13.9. The molecule has 0 saturated carbocycles. The van der Waals surface area contributed by atoms with Crippen molar-refractivity contribution in [3.63, 3.8) is 0 Å². The van der Waals surface area contributed by atoms with Crippen LogP contribution in [-0.2, 0) is 6.54 Å². The maximum atomic E-state index is 7.41. The highest BCUT2D eigenvalue weighted by atomic mass is 35.5. The second kappa shape index (κ2) is 5.97. The number of amidine groups is 1. The van der Waals surface area contributed by atoms with Gasteiger partial charge in [-0.25, -0.2) is 0 Å². The lowest BCUT2D eigenvalue weighted by molar-refractivity contribution is 0.922. The van der Waals surface area contributed by atoms with Crippen molar-refractivity contribution in [2.24, 2.45) is 5.73 Å². The number of benzene rings is 2. The van der Waals surface area contributed by atoms with Gasteiger partial charge in [0.2, 0.25) is 0 Å². The molecule has 104 valence electrons. The molecule has 2 aromatic rings. The van der Waals surface area contributed by atoms with Crippen LogP contribution in [0.25, 0.3) is 0 Å². The Kier molecular flexibility index (Phi) is 4.30. The first-order valence-corrected chi connectivity index (χ1v) is 6.76. The van der Waals surface area contributed by atoms with E-state index >= 15 is 0 Å². The van der Waals surface area contributed by atoms with Crippen molar-refractivity contribution in [2.45, 2.75) is 13.5 Å². The summed E-state index contributed by atoms with van der Waals surface area (Å²) in [5.74, 6) is 0.0274. The summed E-state index contributed by atoms with van der Waals surface area (Å²) in [6.45, 7) is 2.85. The molecule has 20 heavy (non-hydrogen) atoms. The second-order valence-corrected chi connectivity index (χ2v) is 5.33. The van der Waals surface area contributed by atoms with Gasteiger partial charge in [0, 0.05) is 19.2 Å². The number of nitrogens with zero attached hydrogens (tertiary/aromatic N) is 1. The second-order valence-electron chi connectivity index (χ2n) is 4.92. The highest BCUT2D eigenvalue weighted by Gasteiger charge is 2.08. The van der Waals surface area contributed by atoms with Crippen LogP contribution in [0.2, 0.25) is 5.02 Å². The molecule has 2 aromatic carbocycles. The topological polar surface area (TPSA) is 53.1 Å². The van der Waals surface area contributed by atoms with Crippen LogP contribution in [0.5, 0.6) is 0 Å². The van der Waals surface area contributed by atoms with Crippen LogP contribution in [-0.4, -0.2) is 12.9 Å². The summed E-state index contributed by atoms with van der Waals surface area (Å²) >= 11 is 6.27. The number of halogens is 1. The van der Waals surface area contributed by atoms with Gasteiger partial charge in [-0.15, -0.1) is 0 Å². The zero-order valence-electron chi connectivity index (χ0n) is 11.7. The first-order valence-electron chi connectivity index (χ1n) is 6.38. The Hall–Kier alpha value is -2.00. The molecule has 3 nitrogen and oxygen atoms in total. The number of hydrogen-bond acceptors (Lipinski definition) is 2. The van der Waals surface area contributed by atoms with Crippen LogP contribution >= 0.6 is 11.6 Å². The van der Waals surface area contributed by atoms with E-state index in [1.165, 1.54) is 11.1 Å². The molecule has 2 rings (SSSR count). The predicted octanol–water partition coefficient (Wildman–Crippen LogP) is 3.57. The van der Waals surface area contributed by atoms with Gasteiger partial charge in [0.05, 0.1) is 10.7 Å². The normalized spacial score (nSPS) is 10.3. The van der Waals surface area contributed by atoms with Gasteiger partial charge in [0.25, 0.3) is 0 Å². The van der Waals surface area contributed by atoms with Gasteiger partial charge < -0.3 is 10.6 Å². The molecule has 0 fully saturated rings. The molecule has 0 aliphatic carbocycles. The Morgan fingerprint density at radius 1 is 1.20 bits per heavy atom. The van der Waals surface area contributed by atoms with Gasteiger partial charge in [-0.3, -0.25) is 5.41 Å². The predicted molar refractivity (Wildman–Crippen MR) is 85.8 cm³/mol. The maximum Gasteiger partial charge on any atom is 0.122 e. The lowest BCUT2D eigenvalue weighted by Gasteiger charge is -2.21. The Morgan fingerprint density at radius 2 is 1.85 bits per heavy atom. The van der Waals surface area contributed by atoms with E-state index in [-0.39, 0.29) is 5.84 Å². The molecule has 0 radical (unpaired) electrons. The Morgan fingerprint density at radius 3 is 2.40 bits per heavy atom. The molecule has 0 bridgehead atoms. The Balaban J connectivity index is 2.18. The van der Waals surface area contributed by atoms with Crippen molar-refractivity contribution >= 4 is 23.1 Å². The molecular formula is C16H18ClN3. The van der Waals surface area contributed by atoms with E-state index in [1.54, 1.807) is 6.07 Å².